The molecule has 20 heavy (non-hydrogen) atoms. The van der Waals surface area contributed by atoms with Gasteiger partial charge < -0.3 is 10.8 Å². The van der Waals surface area contributed by atoms with Crippen LogP contribution in [0.3, 0.4) is 0 Å². The molecule has 1 rings (SSSR count). The molecular weight excluding hydrogens is 276 g/mol. The van der Waals surface area contributed by atoms with E-state index in [1.165, 1.54) is 12.1 Å². The van der Waals surface area contributed by atoms with E-state index in [0.717, 1.165) is 12.0 Å². The quantitative estimate of drug-likeness (QED) is 0.668. The summed E-state index contributed by atoms with van der Waals surface area (Å²) < 4.78 is 26.8. The summed E-state index contributed by atoms with van der Waals surface area (Å²) in [6.45, 7) is 5.61. The molecule has 0 amide bonds. The van der Waals surface area contributed by atoms with Crippen LogP contribution in [0.2, 0.25) is 0 Å². The summed E-state index contributed by atoms with van der Waals surface area (Å²) in [7, 11) is -3.65. The van der Waals surface area contributed by atoms with Crippen LogP contribution >= 0.6 is 0 Å². The second-order valence-electron chi connectivity index (χ2n) is 4.97. The van der Waals surface area contributed by atoms with Gasteiger partial charge in [-0.2, -0.15) is 0 Å². The van der Waals surface area contributed by atoms with E-state index in [-0.39, 0.29) is 11.4 Å². The van der Waals surface area contributed by atoms with E-state index in [0.29, 0.717) is 18.5 Å². The lowest BCUT2D eigenvalue weighted by atomic mass is 9.98. The highest BCUT2D eigenvalue weighted by Crippen LogP contribution is 2.19. The van der Waals surface area contributed by atoms with Crippen molar-refractivity contribution < 1.29 is 13.5 Å². The molecule has 6 heteroatoms. The number of nitrogens with one attached hydrogen (secondary N) is 1. The van der Waals surface area contributed by atoms with Crippen molar-refractivity contribution >= 4 is 15.7 Å². The van der Waals surface area contributed by atoms with Gasteiger partial charge in [-0.1, -0.05) is 26.8 Å². The Labute approximate surface area is 121 Å². The van der Waals surface area contributed by atoms with Crippen LogP contribution < -0.4 is 10.5 Å². The van der Waals surface area contributed by atoms with Gasteiger partial charge in [0.05, 0.1) is 10.5 Å². The predicted octanol–water partition coefficient (Wildman–Crippen LogP) is 1.66. The van der Waals surface area contributed by atoms with Gasteiger partial charge in [0, 0.05) is 12.2 Å². The van der Waals surface area contributed by atoms with Gasteiger partial charge in [-0.15, -0.1) is 0 Å². The maximum absolute atomic E-state index is 12.2. The van der Waals surface area contributed by atoms with Crippen molar-refractivity contribution in [2.24, 2.45) is 0 Å². The van der Waals surface area contributed by atoms with Gasteiger partial charge in [-0.3, -0.25) is 0 Å². The smallest absolute Gasteiger partial charge is 0.240 e. The van der Waals surface area contributed by atoms with Crippen LogP contribution in [0.25, 0.3) is 0 Å². The van der Waals surface area contributed by atoms with Gasteiger partial charge in [0.1, 0.15) is 0 Å². The number of anilines is 1. The summed E-state index contributed by atoms with van der Waals surface area (Å²) in [5.74, 6) is 0. The second-order valence-corrected chi connectivity index (χ2v) is 6.74. The molecule has 1 aromatic rings. The van der Waals surface area contributed by atoms with Gasteiger partial charge in [-0.05, 0) is 37.0 Å². The Morgan fingerprint density at radius 1 is 1.25 bits per heavy atom. The summed E-state index contributed by atoms with van der Waals surface area (Å²) in [4.78, 5) is 0.127. The maximum Gasteiger partial charge on any atom is 0.240 e. The Kier molecular flexibility index (Phi) is 5.56. The average Bonchev–Trinajstić information content (AvgIpc) is 2.44. The van der Waals surface area contributed by atoms with E-state index in [9.17, 15) is 13.5 Å². The third kappa shape index (κ3) is 3.94. The zero-order chi connectivity index (χ0) is 15.4. The maximum atomic E-state index is 12.2. The Balaban J connectivity index is 2.92. The number of nitrogens with two attached hydrogens (primary N) is 1. The number of hydrogen-bond acceptors (Lipinski definition) is 4. The SMILES string of the molecule is CCc1ccc(S(=O)(=O)NCC(O)(CC)CC)cc1N. The first-order valence-electron chi connectivity index (χ1n) is 6.88. The molecule has 0 atom stereocenters. The first kappa shape index (κ1) is 16.9. The Morgan fingerprint density at radius 3 is 2.30 bits per heavy atom. The standard InChI is InChI=1S/C14H24N2O3S/c1-4-11-7-8-12(9-13(11)15)20(18,19)16-10-14(17,5-2)6-3/h7-9,16-17H,4-6,10,15H2,1-3H3. The van der Waals surface area contributed by atoms with Gasteiger partial charge in [0.2, 0.25) is 10.0 Å². The Hall–Kier alpha value is -1.11. The molecule has 0 saturated heterocycles. The average molecular weight is 300 g/mol. The molecule has 5 nitrogen and oxygen atoms in total. The summed E-state index contributed by atoms with van der Waals surface area (Å²) in [5.41, 5.74) is 6.20. The zero-order valence-electron chi connectivity index (χ0n) is 12.3. The molecule has 0 saturated carbocycles. The lowest BCUT2D eigenvalue weighted by molar-refractivity contribution is 0.0377. The summed E-state index contributed by atoms with van der Waals surface area (Å²) in [6.07, 6.45) is 1.73. The van der Waals surface area contributed by atoms with E-state index in [1.807, 2.05) is 20.8 Å². The minimum Gasteiger partial charge on any atom is -0.398 e. The minimum atomic E-state index is -3.65. The number of nitrogen functional groups attached to an aromatic ring is 1. The highest BCUT2D eigenvalue weighted by atomic mass is 32.2. The molecule has 0 heterocycles. The monoisotopic (exact) mass is 300 g/mol. The third-order valence-corrected chi connectivity index (χ3v) is 5.11. The molecule has 0 aromatic heterocycles. The van der Waals surface area contributed by atoms with Crippen LogP contribution in [0.1, 0.15) is 39.2 Å². The molecular formula is C14H24N2O3S. The number of aryl methyl sites for hydroxylation is 1. The Bertz CT molecular complexity index is 552. The van der Waals surface area contributed by atoms with Crippen molar-refractivity contribution in [2.75, 3.05) is 12.3 Å². The van der Waals surface area contributed by atoms with E-state index in [4.69, 9.17) is 5.73 Å². The molecule has 0 aliphatic carbocycles. The molecule has 0 spiro atoms. The highest BCUT2D eigenvalue weighted by molar-refractivity contribution is 7.89. The van der Waals surface area contributed by atoms with Crippen LogP contribution in [-0.2, 0) is 16.4 Å². The third-order valence-electron chi connectivity index (χ3n) is 3.72. The Morgan fingerprint density at radius 2 is 1.85 bits per heavy atom. The molecule has 0 radical (unpaired) electrons. The molecule has 4 N–H and O–H groups in total. The van der Waals surface area contributed by atoms with Crippen molar-refractivity contribution in [3.8, 4) is 0 Å². The van der Waals surface area contributed by atoms with E-state index < -0.39 is 15.6 Å². The number of sulfonamides is 1. The van der Waals surface area contributed by atoms with Gasteiger partial charge in [-0.25, -0.2) is 13.1 Å². The fourth-order valence-electron chi connectivity index (χ4n) is 1.87. The molecule has 0 bridgehead atoms. The molecule has 0 aliphatic rings. The zero-order valence-corrected chi connectivity index (χ0v) is 13.1. The van der Waals surface area contributed by atoms with E-state index in [1.54, 1.807) is 6.07 Å². The van der Waals surface area contributed by atoms with Gasteiger partial charge in [0.15, 0.2) is 0 Å². The molecule has 0 aliphatic heterocycles. The lowest BCUT2D eigenvalue weighted by Crippen LogP contribution is -2.41. The van der Waals surface area contributed by atoms with Crippen molar-refractivity contribution in [3.05, 3.63) is 23.8 Å². The lowest BCUT2D eigenvalue weighted by Gasteiger charge is -2.25. The van der Waals surface area contributed by atoms with E-state index >= 15 is 0 Å². The molecule has 1 aromatic carbocycles. The first-order chi connectivity index (χ1) is 9.28. The topological polar surface area (TPSA) is 92.4 Å². The largest absolute Gasteiger partial charge is 0.398 e. The number of aliphatic hydroxyl groups is 1. The fourth-order valence-corrected chi connectivity index (χ4v) is 3.03. The molecule has 0 fully saturated rings. The van der Waals surface area contributed by atoms with E-state index in [2.05, 4.69) is 4.72 Å². The predicted molar refractivity (Wildman–Crippen MR) is 81.0 cm³/mol. The van der Waals surface area contributed by atoms with Crippen LogP contribution in [0, 0.1) is 0 Å². The first-order valence-corrected chi connectivity index (χ1v) is 8.36. The number of rotatable bonds is 7. The summed E-state index contributed by atoms with van der Waals surface area (Å²) >= 11 is 0. The van der Waals surface area contributed by atoms with Crippen LogP contribution in [0.4, 0.5) is 5.69 Å². The van der Waals surface area contributed by atoms with Crippen molar-refractivity contribution in [3.63, 3.8) is 0 Å². The van der Waals surface area contributed by atoms with Crippen molar-refractivity contribution in [2.45, 2.75) is 50.5 Å². The molecule has 0 unspecified atom stereocenters. The van der Waals surface area contributed by atoms with Crippen molar-refractivity contribution in [1.29, 1.82) is 0 Å². The van der Waals surface area contributed by atoms with Crippen LogP contribution in [-0.4, -0.2) is 25.7 Å². The fraction of sp³-hybridized carbons (Fsp3) is 0.571. The van der Waals surface area contributed by atoms with Crippen LogP contribution in [0.5, 0.6) is 0 Å². The normalized spacial score (nSPS) is 12.6. The summed E-state index contributed by atoms with van der Waals surface area (Å²) in [6, 6.07) is 4.71. The van der Waals surface area contributed by atoms with Gasteiger partial charge in [0.25, 0.3) is 0 Å². The number of benzene rings is 1. The second kappa shape index (κ2) is 6.56. The number of hydrogen-bond donors (Lipinski definition) is 3. The van der Waals surface area contributed by atoms with Gasteiger partial charge >= 0.3 is 0 Å². The molecule has 114 valence electrons. The van der Waals surface area contributed by atoms with Crippen molar-refractivity contribution in [1.82, 2.24) is 4.72 Å². The highest BCUT2D eigenvalue weighted by Gasteiger charge is 2.25. The minimum absolute atomic E-state index is 0.00221. The summed E-state index contributed by atoms with van der Waals surface area (Å²) in [5, 5.41) is 10.1. The van der Waals surface area contributed by atoms with Crippen LogP contribution in [0.15, 0.2) is 23.1 Å².